The number of nitrogens with one attached hydrogen (secondary N) is 6. The number of hydrogen-bond acceptors (Lipinski definition) is 7. The summed E-state index contributed by atoms with van der Waals surface area (Å²) in [7, 11) is 0. The molecule has 15 nitrogen and oxygen atoms in total. The Morgan fingerprint density at radius 3 is 2.29 bits per heavy atom. The fourth-order valence-electron chi connectivity index (χ4n) is 4.45. The van der Waals surface area contributed by atoms with Crippen LogP contribution in [0.2, 0.25) is 0 Å². The van der Waals surface area contributed by atoms with Crippen LogP contribution in [0.25, 0.3) is 10.9 Å². The standard InChI is InChI=1S/C26H34N8O7/c1-15(35)28-12-22(37)31-14-24(39)33-19(9-16-10-29-18-6-3-2-5-17(16)18)26(41)34-8-4-7-20(34)25(40)32-13-23(38)30-11-21(27)36/h2-3,5-6,10,19-20,29H,4,7-9,11-14H2,1H3,(H2,27,36)(H,28,35)(H,30,38)(H,31,37)(H,32,40)(H,33,39)/t19-,20-/m0/s1. The van der Waals surface area contributed by atoms with Crippen LogP contribution in [0.4, 0.5) is 0 Å². The first-order valence-electron chi connectivity index (χ1n) is 13.0. The summed E-state index contributed by atoms with van der Waals surface area (Å²) in [6, 6.07) is 5.52. The van der Waals surface area contributed by atoms with Crippen LogP contribution in [0.15, 0.2) is 30.5 Å². The second kappa shape index (κ2) is 14.4. The van der Waals surface area contributed by atoms with Crippen molar-refractivity contribution < 1.29 is 33.6 Å². The van der Waals surface area contributed by atoms with E-state index in [9.17, 15) is 33.6 Å². The number of nitrogens with zero attached hydrogens (tertiary/aromatic N) is 1. The number of aromatic nitrogens is 1. The number of nitrogens with two attached hydrogens (primary N) is 1. The third kappa shape index (κ3) is 9.05. The number of hydrogen-bond donors (Lipinski definition) is 7. The van der Waals surface area contributed by atoms with Gasteiger partial charge in [0.2, 0.25) is 41.4 Å². The highest BCUT2D eigenvalue weighted by Crippen LogP contribution is 2.22. The summed E-state index contributed by atoms with van der Waals surface area (Å²) in [6.07, 6.45) is 2.73. The lowest BCUT2D eigenvalue weighted by Gasteiger charge is -2.29. The molecule has 1 aliphatic rings. The highest BCUT2D eigenvalue weighted by Gasteiger charge is 2.38. The molecule has 41 heavy (non-hydrogen) atoms. The Morgan fingerprint density at radius 2 is 1.59 bits per heavy atom. The molecule has 0 unspecified atom stereocenters. The van der Waals surface area contributed by atoms with Crippen LogP contribution in [-0.4, -0.2) is 96.0 Å². The maximum absolute atomic E-state index is 13.7. The Hall–Kier alpha value is -4.95. The molecule has 15 heteroatoms. The zero-order chi connectivity index (χ0) is 29.9. The van der Waals surface area contributed by atoms with Gasteiger partial charge < -0.3 is 42.2 Å². The van der Waals surface area contributed by atoms with Crippen molar-refractivity contribution in [2.24, 2.45) is 5.73 Å². The summed E-state index contributed by atoms with van der Waals surface area (Å²) >= 11 is 0. The lowest BCUT2D eigenvalue weighted by atomic mass is 10.0. The van der Waals surface area contributed by atoms with Crippen molar-refractivity contribution in [3.63, 3.8) is 0 Å². The van der Waals surface area contributed by atoms with Gasteiger partial charge in [-0.3, -0.25) is 33.6 Å². The maximum atomic E-state index is 13.7. The van der Waals surface area contributed by atoms with E-state index in [-0.39, 0.29) is 26.1 Å². The minimum atomic E-state index is -1.07. The quantitative estimate of drug-likeness (QED) is 0.133. The maximum Gasteiger partial charge on any atom is 0.246 e. The van der Waals surface area contributed by atoms with Crippen molar-refractivity contribution in [2.75, 3.05) is 32.7 Å². The van der Waals surface area contributed by atoms with Gasteiger partial charge in [0, 0.05) is 37.0 Å². The van der Waals surface area contributed by atoms with E-state index in [4.69, 9.17) is 5.73 Å². The minimum Gasteiger partial charge on any atom is -0.368 e. The Morgan fingerprint density at radius 1 is 0.927 bits per heavy atom. The molecular formula is C26H34N8O7. The van der Waals surface area contributed by atoms with Crippen LogP contribution in [-0.2, 0) is 40.0 Å². The topological polar surface area (TPSA) is 225 Å². The SMILES string of the molecule is CC(=O)NCC(=O)NCC(=O)N[C@@H](Cc1c[nH]c2ccccc12)C(=O)N1CCC[C@H]1C(=O)NCC(=O)NCC(N)=O. The van der Waals surface area contributed by atoms with Gasteiger partial charge in [0.15, 0.2) is 0 Å². The first kappa shape index (κ1) is 30.6. The van der Waals surface area contributed by atoms with E-state index in [1.54, 1.807) is 6.20 Å². The molecule has 2 atom stereocenters. The molecule has 0 bridgehead atoms. The van der Waals surface area contributed by atoms with Gasteiger partial charge in [-0.15, -0.1) is 0 Å². The number of carbonyl (C=O) groups excluding carboxylic acids is 7. The molecule has 0 saturated carbocycles. The molecule has 8 N–H and O–H groups in total. The molecule has 1 aromatic carbocycles. The second-order valence-electron chi connectivity index (χ2n) is 9.52. The summed E-state index contributed by atoms with van der Waals surface area (Å²) in [5.74, 6) is -4.00. The van der Waals surface area contributed by atoms with Crippen LogP contribution in [0, 0.1) is 0 Å². The van der Waals surface area contributed by atoms with E-state index in [2.05, 4.69) is 31.6 Å². The third-order valence-corrected chi connectivity index (χ3v) is 6.40. The number of amides is 7. The molecule has 1 saturated heterocycles. The third-order valence-electron chi connectivity index (χ3n) is 6.40. The van der Waals surface area contributed by atoms with Gasteiger partial charge in [-0.1, -0.05) is 18.2 Å². The molecule has 0 radical (unpaired) electrons. The Bertz CT molecular complexity index is 1320. The fraction of sp³-hybridized carbons (Fsp3) is 0.423. The van der Waals surface area contributed by atoms with E-state index >= 15 is 0 Å². The Balaban J connectivity index is 1.70. The van der Waals surface area contributed by atoms with Crippen LogP contribution >= 0.6 is 0 Å². The zero-order valence-corrected chi connectivity index (χ0v) is 22.6. The van der Waals surface area contributed by atoms with Crippen LogP contribution in [0.1, 0.15) is 25.3 Å². The number of para-hydroxylation sites is 1. The molecule has 1 fully saturated rings. The molecule has 2 aromatic rings. The molecule has 0 spiro atoms. The van der Waals surface area contributed by atoms with Gasteiger partial charge in [0.1, 0.15) is 12.1 Å². The highest BCUT2D eigenvalue weighted by molar-refractivity contribution is 5.95. The van der Waals surface area contributed by atoms with Gasteiger partial charge in [0.05, 0.1) is 26.2 Å². The number of benzene rings is 1. The van der Waals surface area contributed by atoms with E-state index < -0.39 is 66.5 Å². The summed E-state index contributed by atoms with van der Waals surface area (Å²) in [6.45, 7) is 0.0138. The first-order chi connectivity index (χ1) is 19.5. The zero-order valence-electron chi connectivity index (χ0n) is 22.6. The highest BCUT2D eigenvalue weighted by atomic mass is 16.2. The average Bonchev–Trinajstić information content (AvgIpc) is 3.59. The van der Waals surface area contributed by atoms with Crippen molar-refractivity contribution in [3.05, 3.63) is 36.0 Å². The largest absolute Gasteiger partial charge is 0.368 e. The molecule has 3 rings (SSSR count). The van der Waals surface area contributed by atoms with Gasteiger partial charge in [-0.05, 0) is 24.5 Å². The van der Waals surface area contributed by atoms with E-state index in [0.29, 0.717) is 12.8 Å². The number of primary amides is 1. The number of carbonyl (C=O) groups is 7. The lowest BCUT2D eigenvalue weighted by molar-refractivity contribution is -0.141. The van der Waals surface area contributed by atoms with Gasteiger partial charge >= 0.3 is 0 Å². The van der Waals surface area contributed by atoms with Crippen LogP contribution in [0.3, 0.4) is 0 Å². The smallest absolute Gasteiger partial charge is 0.246 e. The number of rotatable bonds is 13. The van der Waals surface area contributed by atoms with Crippen molar-refractivity contribution in [1.82, 2.24) is 36.5 Å². The number of fused-ring (bicyclic) bond motifs is 1. The van der Waals surface area contributed by atoms with Gasteiger partial charge in [-0.2, -0.15) is 0 Å². The van der Waals surface area contributed by atoms with E-state index in [0.717, 1.165) is 16.5 Å². The predicted octanol–water partition coefficient (Wildman–Crippen LogP) is -2.84. The molecule has 0 aliphatic carbocycles. The number of likely N-dealkylation sites (tertiary alicyclic amines) is 1. The normalized spacial score (nSPS) is 15.0. The Kier molecular flexibility index (Phi) is 10.8. The van der Waals surface area contributed by atoms with Crippen LogP contribution < -0.4 is 32.3 Å². The summed E-state index contributed by atoms with van der Waals surface area (Å²) in [5, 5.41) is 13.0. The monoisotopic (exact) mass is 570 g/mol. The molecule has 7 amide bonds. The first-order valence-corrected chi connectivity index (χ1v) is 13.0. The average molecular weight is 571 g/mol. The van der Waals surface area contributed by atoms with Crippen molar-refractivity contribution >= 4 is 52.3 Å². The van der Waals surface area contributed by atoms with Crippen molar-refractivity contribution in [3.8, 4) is 0 Å². The van der Waals surface area contributed by atoms with Gasteiger partial charge in [-0.25, -0.2) is 0 Å². The molecule has 2 heterocycles. The van der Waals surface area contributed by atoms with Crippen molar-refractivity contribution in [2.45, 2.75) is 38.3 Å². The minimum absolute atomic E-state index is 0.106. The number of aromatic amines is 1. The molecule has 1 aromatic heterocycles. The summed E-state index contributed by atoms with van der Waals surface area (Å²) in [4.78, 5) is 89.5. The van der Waals surface area contributed by atoms with Gasteiger partial charge in [0.25, 0.3) is 0 Å². The van der Waals surface area contributed by atoms with Crippen molar-refractivity contribution in [1.29, 1.82) is 0 Å². The summed E-state index contributed by atoms with van der Waals surface area (Å²) < 4.78 is 0. The molecule has 1 aliphatic heterocycles. The molecule has 220 valence electrons. The lowest BCUT2D eigenvalue weighted by Crippen LogP contribution is -2.56. The second-order valence-corrected chi connectivity index (χ2v) is 9.52. The predicted molar refractivity (Wildman–Crippen MR) is 146 cm³/mol. The van der Waals surface area contributed by atoms with E-state index in [1.165, 1.54) is 11.8 Å². The van der Waals surface area contributed by atoms with E-state index in [1.807, 2.05) is 24.3 Å². The number of H-pyrrole nitrogens is 1. The Labute approximate surface area is 235 Å². The molecular weight excluding hydrogens is 536 g/mol. The summed E-state index contributed by atoms with van der Waals surface area (Å²) in [5.41, 5.74) is 6.60. The van der Waals surface area contributed by atoms with Crippen LogP contribution in [0.5, 0.6) is 0 Å². The fourth-order valence-corrected chi connectivity index (χ4v) is 4.45.